The Kier molecular flexibility index (Phi) is 9.02. The summed E-state index contributed by atoms with van der Waals surface area (Å²) >= 11 is 1.46. The lowest BCUT2D eigenvalue weighted by Gasteiger charge is -2.37. The summed E-state index contributed by atoms with van der Waals surface area (Å²) in [7, 11) is 0. The normalized spacial score (nSPS) is 16.5. The van der Waals surface area contributed by atoms with Crippen LogP contribution in [0.3, 0.4) is 0 Å². The van der Waals surface area contributed by atoms with Crippen molar-refractivity contribution < 1.29 is 19.1 Å². The van der Waals surface area contributed by atoms with Crippen LogP contribution in [0.25, 0.3) is 21.1 Å². The molecule has 2 amide bonds. The largest absolute Gasteiger partial charge is 0.490 e. The number of benzene rings is 2. The Balaban J connectivity index is 1.46. The average molecular weight is 602 g/mol. The summed E-state index contributed by atoms with van der Waals surface area (Å²) in [5, 5.41) is 20.2. The molecule has 5 rings (SSSR count). The predicted octanol–water partition coefficient (Wildman–Crippen LogP) is 6.77. The zero-order valence-electron chi connectivity index (χ0n) is 25.6. The summed E-state index contributed by atoms with van der Waals surface area (Å²) in [6, 6.07) is 13.5. The minimum Gasteiger partial charge on any atom is -0.490 e. The lowest BCUT2D eigenvalue weighted by molar-refractivity contribution is -0.132. The number of carbonyl (C=O) groups excluding carboxylic acids is 2. The van der Waals surface area contributed by atoms with Crippen molar-refractivity contribution in [3.8, 4) is 33.0 Å². The summed E-state index contributed by atoms with van der Waals surface area (Å²) in [6.07, 6.45) is 3.91. The van der Waals surface area contributed by atoms with Gasteiger partial charge in [0.1, 0.15) is 34.0 Å². The van der Waals surface area contributed by atoms with E-state index in [4.69, 9.17) is 9.47 Å². The Hall–Kier alpha value is -3.97. The molecule has 9 nitrogen and oxygen atoms in total. The molecule has 0 saturated carbocycles. The highest BCUT2D eigenvalue weighted by Crippen LogP contribution is 2.41. The van der Waals surface area contributed by atoms with Crippen LogP contribution in [0.1, 0.15) is 83.0 Å². The number of nitrogens with zero attached hydrogens (tertiary/aromatic N) is 5. The summed E-state index contributed by atoms with van der Waals surface area (Å²) in [5.41, 5.74) is 3.67. The summed E-state index contributed by atoms with van der Waals surface area (Å²) in [6.45, 7) is 10.8. The summed E-state index contributed by atoms with van der Waals surface area (Å²) in [5.74, 6) is 0.508. The van der Waals surface area contributed by atoms with E-state index in [9.17, 15) is 14.9 Å². The number of aromatic nitrogens is 2. The smallest absolute Gasteiger partial charge is 0.411 e. The van der Waals surface area contributed by atoms with Gasteiger partial charge in [0.05, 0.1) is 17.7 Å². The van der Waals surface area contributed by atoms with Crippen molar-refractivity contribution in [3.05, 3.63) is 53.1 Å². The number of rotatable bonds is 7. The molecule has 1 aliphatic carbocycles. The van der Waals surface area contributed by atoms with E-state index in [1.165, 1.54) is 11.3 Å². The lowest BCUT2D eigenvalue weighted by atomic mass is 9.84. The Morgan fingerprint density at radius 1 is 1.12 bits per heavy atom. The Morgan fingerprint density at radius 2 is 1.86 bits per heavy atom. The predicted molar refractivity (Wildman–Crippen MR) is 166 cm³/mol. The van der Waals surface area contributed by atoms with E-state index < -0.39 is 11.7 Å². The van der Waals surface area contributed by atoms with Crippen molar-refractivity contribution in [2.45, 2.75) is 84.5 Å². The van der Waals surface area contributed by atoms with Crippen LogP contribution < -0.4 is 4.74 Å². The molecule has 2 aromatic carbocycles. The fraction of sp³-hybridized carbons (Fsp3) is 0.485. The molecule has 1 atom stereocenters. The number of likely N-dealkylation sites (tertiary alicyclic amines) is 1. The van der Waals surface area contributed by atoms with Crippen molar-refractivity contribution in [2.75, 3.05) is 19.6 Å². The van der Waals surface area contributed by atoms with Gasteiger partial charge in [-0.2, -0.15) is 5.26 Å². The highest BCUT2D eigenvalue weighted by Gasteiger charge is 2.36. The maximum Gasteiger partial charge on any atom is 0.411 e. The number of nitriles is 1. The molecule has 10 heteroatoms. The molecule has 1 aromatic heterocycles. The van der Waals surface area contributed by atoms with Gasteiger partial charge in [0.15, 0.2) is 0 Å². The van der Waals surface area contributed by atoms with Gasteiger partial charge in [-0.05, 0) is 96.0 Å². The van der Waals surface area contributed by atoms with E-state index in [0.717, 1.165) is 72.5 Å². The molecule has 2 aliphatic rings. The van der Waals surface area contributed by atoms with E-state index in [1.807, 2.05) is 57.7 Å². The Labute approximate surface area is 257 Å². The van der Waals surface area contributed by atoms with Gasteiger partial charge < -0.3 is 14.4 Å². The molecule has 0 unspecified atom stereocenters. The first-order valence-corrected chi connectivity index (χ1v) is 15.8. The maximum atomic E-state index is 13.5. The summed E-state index contributed by atoms with van der Waals surface area (Å²) < 4.78 is 11.6. The second-order valence-corrected chi connectivity index (χ2v) is 13.4. The number of amides is 2. The van der Waals surface area contributed by atoms with Gasteiger partial charge in [0.25, 0.3) is 0 Å². The van der Waals surface area contributed by atoms with Gasteiger partial charge >= 0.3 is 6.09 Å². The van der Waals surface area contributed by atoms with Crippen LogP contribution in [-0.2, 0) is 16.0 Å². The number of hydrogen-bond acceptors (Lipinski definition) is 8. The molecule has 1 saturated heterocycles. The second-order valence-electron chi connectivity index (χ2n) is 12.4. The van der Waals surface area contributed by atoms with Crippen LogP contribution in [0.4, 0.5) is 4.79 Å². The van der Waals surface area contributed by atoms with Gasteiger partial charge in [0, 0.05) is 24.2 Å². The molecular formula is C33H39N5O4S. The van der Waals surface area contributed by atoms with Gasteiger partial charge in [-0.25, -0.2) is 4.79 Å². The van der Waals surface area contributed by atoms with E-state index in [2.05, 4.69) is 22.3 Å². The first kappa shape index (κ1) is 30.5. The molecule has 3 aromatic rings. The maximum absolute atomic E-state index is 13.5. The summed E-state index contributed by atoms with van der Waals surface area (Å²) in [4.78, 5) is 30.3. The first-order valence-electron chi connectivity index (χ1n) is 15.0. The number of fused-ring (bicyclic) bond motifs is 1. The molecule has 0 radical (unpaired) electrons. The molecule has 1 fully saturated rings. The molecular weight excluding hydrogens is 562 g/mol. The van der Waals surface area contributed by atoms with Gasteiger partial charge in [-0.3, -0.25) is 9.69 Å². The topological polar surface area (TPSA) is 109 Å². The van der Waals surface area contributed by atoms with Crippen LogP contribution in [0.5, 0.6) is 5.75 Å². The van der Waals surface area contributed by atoms with Crippen molar-refractivity contribution >= 4 is 23.3 Å². The molecule has 0 bridgehead atoms. The van der Waals surface area contributed by atoms with Crippen LogP contribution >= 0.6 is 11.3 Å². The van der Waals surface area contributed by atoms with Crippen LogP contribution in [0, 0.1) is 11.3 Å². The average Bonchev–Trinajstić information content (AvgIpc) is 3.68. The van der Waals surface area contributed by atoms with Crippen LogP contribution in [-0.4, -0.2) is 63.3 Å². The minimum absolute atomic E-state index is 0.00997. The standard InChI is InChI=1S/C33H39N5O4S/c1-21(2)41-28-15-14-22(18-23(28)19-34)30-35-36-31(43-30)26-12-8-11-25-24(26)10-9-13-27(25)38(32(40)42-33(3,4)5)20-29(39)37-16-6-7-17-37/h8,11-12,14-15,18,21,27H,6-7,9-10,13,16-17,20H2,1-5H3/t27-/m1/s1. The Morgan fingerprint density at radius 3 is 2.56 bits per heavy atom. The third-order valence-electron chi connectivity index (χ3n) is 7.61. The quantitative estimate of drug-likeness (QED) is 0.294. The monoisotopic (exact) mass is 601 g/mol. The molecule has 43 heavy (non-hydrogen) atoms. The third-order valence-corrected chi connectivity index (χ3v) is 8.61. The minimum atomic E-state index is -0.682. The first-order chi connectivity index (χ1) is 20.5. The molecule has 0 N–H and O–H groups in total. The van der Waals surface area contributed by atoms with E-state index in [1.54, 1.807) is 17.0 Å². The van der Waals surface area contributed by atoms with Gasteiger partial charge in [-0.15, -0.1) is 10.2 Å². The zero-order chi connectivity index (χ0) is 30.7. The molecule has 226 valence electrons. The highest BCUT2D eigenvalue weighted by molar-refractivity contribution is 7.17. The fourth-order valence-corrected chi connectivity index (χ4v) is 6.63. The zero-order valence-corrected chi connectivity index (χ0v) is 26.4. The van der Waals surface area contributed by atoms with Crippen molar-refractivity contribution in [1.29, 1.82) is 5.26 Å². The number of carbonyl (C=O) groups is 2. The Bertz CT molecular complexity index is 1530. The number of hydrogen-bond donors (Lipinski definition) is 0. The van der Waals surface area contributed by atoms with Gasteiger partial charge in [0.2, 0.25) is 5.91 Å². The lowest BCUT2D eigenvalue weighted by Crippen LogP contribution is -2.46. The molecule has 1 aliphatic heterocycles. The van der Waals surface area contributed by atoms with E-state index >= 15 is 0 Å². The van der Waals surface area contributed by atoms with Crippen molar-refractivity contribution in [1.82, 2.24) is 20.0 Å². The molecule has 2 heterocycles. The second kappa shape index (κ2) is 12.7. The van der Waals surface area contributed by atoms with Crippen LogP contribution in [0.2, 0.25) is 0 Å². The fourth-order valence-electron chi connectivity index (χ4n) is 5.74. The van der Waals surface area contributed by atoms with E-state index in [-0.39, 0.29) is 24.6 Å². The highest BCUT2D eigenvalue weighted by atomic mass is 32.1. The van der Waals surface area contributed by atoms with Crippen LogP contribution in [0.15, 0.2) is 36.4 Å². The van der Waals surface area contributed by atoms with Crippen molar-refractivity contribution in [3.63, 3.8) is 0 Å². The van der Waals surface area contributed by atoms with Gasteiger partial charge in [-0.1, -0.05) is 29.5 Å². The third kappa shape index (κ3) is 6.99. The SMILES string of the molecule is CC(C)Oc1ccc(-c2nnc(-c3cccc4c3CCC[C@H]4N(CC(=O)N3CCCC3)C(=O)OC(C)(C)C)s2)cc1C#N. The molecule has 0 spiro atoms. The van der Waals surface area contributed by atoms with E-state index in [0.29, 0.717) is 16.3 Å². The van der Waals surface area contributed by atoms with Crippen molar-refractivity contribution in [2.24, 2.45) is 0 Å². The number of ether oxygens (including phenoxy) is 2.